The van der Waals surface area contributed by atoms with Crippen LogP contribution in [0.15, 0.2) is 54.6 Å². The van der Waals surface area contributed by atoms with Crippen LogP contribution in [0.25, 0.3) is 0 Å². The van der Waals surface area contributed by atoms with Gasteiger partial charge in [-0.15, -0.1) is 5.10 Å². The second kappa shape index (κ2) is 8.18. The lowest BCUT2D eigenvalue weighted by molar-refractivity contribution is 0.262. The van der Waals surface area contributed by atoms with E-state index in [1.807, 2.05) is 62.4 Å². The Balaban J connectivity index is 1.59. The van der Waals surface area contributed by atoms with Crippen molar-refractivity contribution in [1.29, 1.82) is 0 Å². The molecule has 3 rings (SSSR count). The number of rotatable bonds is 5. The number of anilines is 4. The second-order valence-electron chi connectivity index (χ2n) is 6.02. The third-order valence-corrected chi connectivity index (χ3v) is 3.89. The molecule has 0 bridgehead atoms. The van der Waals surface area contributed by atoms with Crippen LogP contribution in [0, 0.1) is 13.8 Å². The molecule has 2 amide bonds. The van der Waals surface area contributed by atoms with Gasteiger partial charge in [0, 0.05) is 17.1 Å². The zero-order valence-electron chi connectivity index (χ0n) is 15.4. The van der Waals surface area contributed by atoms with Crippen LogP contribution in [0.5, 0.6) is 5.75 Å². The van der Waals surface area contributed by atoms with Gasteiger partial charge in [-0.25, -0.2) is 4.79 Å². The van der Waals surface area contributed by atoms with Gasteiger partial charge in [-0.1, -0.05) is 0 Å². The first-order chi connectivity index (χ1) is 13.0. The first-order valence-corrected chi connectivity index (χ1v) is 8.43. The van der Waals surface area contributed by atoms with E-state index in [2.05, 4.69) is 26.1 Å². The van der Waals surface area contributed by atoms with Crippen molar-refractivity contribution in [3.05, 3.63) is 65.9 Å². The van der Waals surface area contributed by atoms with Gasteiger partial charge in [0.1, 0.15) is 5.75 Å². The first kappa shape index (κ1) is 18.2. The molecular weight excluding hydrogens is 342 g/mol. The van der Waals surface area contributed by atoms with E-state index < -0.39 is 0 Å². The van der Waals surface area contributed by atoms with Gasteiger partial charge < -0.3 is 20.7 Å². The molecule has 138 valence electrons. The number of aryl methyl sites for hydroxylation is 2. The summed E-state index contributed by atoms with van der Waals surface area (Å²) in [5, 5.41) is 16.9. The van der Waals surface area contributed by atoms with Gasteiger partial charge >= 0.3 is 6.03 Å². The molecule has 3 aromatic rings. The van der Waals surface area contributed by atoms with E-state index in [-0.39, 0.29) is 6.03 Å². The molecule has 0 saturated heterocycles. The summed E-state index contributed by atoms with van der Waals surface area (Å²) >= 11 is 0. The molecular formula is C20H21N5O2. The first-order valence-electron chi connectivity index (χ1n) is 8.43. The Kier molecular flexibility index (Phi) is 5.51. The average molecular weight is 363 g/mol. The number of carbonyl (C=O) groups excluding carboxylic acids is 1. The number of nitrogens with one attached hydrogen (secondary N) is 3. The van der Waals surface area contributed by atoms with E-state index >= 15 is 0 Å². The SMILES string of the molecule is COc1ccc(NC(=O)Nc2ccc(Nc3ccc(C)nn3)cc2)c(C)c1. The number of methoxy groups -OCH3 is 1. The molecule has 0 saturated carbocycles. The zero-order valence-corrected chi connectivity index (χ0v) is 15.4. The maximum Gasteiger partial charge on any atom is 0.323 e. The highest BCUT2D eigenvalue weighted by molar-refractivity contribution is 6.00. The van der Waals surface area contributed by atoms with Gasteiger partial charge in [-0.2, -0.15) is 5.10 Å². The summed E-state index contributed by atoms with van der Waals surface area (Å²) < 4.78 is 5.17. The number of hydrogen-bond acceptors (Lipinski definition) is 5. The maximum absolute atomic E-state index is 12.2. The summed E-state index contributed by atoms with van der Waals surface area (Å²) in [5.41, 5.74) is 4.04. The molecule has 0 atom stereocenters. The largest absolute Gasteiger partial charge is 0.497 e. The summed E-state index contributed by atoms with van der Waals surface area (Å²) in [6.45, 7) is 3.79. The monoisotopic (exact) mass is 363 g/mol. The van der Waals surface area contributed by atoms with Crippen LogP contribution in [0.1, 0.15) is 11.3 Å². The Bertz CT molecular complexity index is 924. The van der Waals surface area contributed by atoms with E-state index in [9.17, 15) is 4.79 Å². The summed E-state index contributed by atoms with van der Waals surface area (Å²) in [7, 11) is 1.61. The van der Waals surface area contributed by atoms with Crippen LogP contribution in [0.2, 0.25) is 0 Å². The Morgan fingerprint density at radius 2 is 1.63 bits per heavy atom. The molecule has 0 aliphatic rings. The molecule has 3 N–H and O–H groups in total. The fourth-order valence-electron chi connectivity index (χ4n) is 2.44. The molecule has 0 radical (unpaired) electrons. The Morgan fingerprint density at radius 1 is 0.889 bits per heavy atom. The van der Waals surface area contributed by atoms with Crippen LogP contribution < -0.4 is 20.7 Å². The molecule has 2 aromatic carbocycles. The van der Waals surface area contributed by atoms with Gasteiger partial charge in [0.25, 0.3) is 0 Å². The predicted molar refractivity (Wildman–Crippen MR) is 107 cm³/mol. The van der Waals surface area contributed by atoms with E-state index in [1.165, 1.54) is 0 Å². The minimum Gasteiger partial charge on any atom is -0.497 e. The number of ether oxygens (including phenoxy) is 1. The van der Waals surface area contributed by atoms with Crippen LogP contribution in [-0.2, 0) is 0 Å². The fraction of sp³-hybridized carbons (Fsp3) is 0.150. The maximum atomic E-state index is 12.2. The van der Waals surface area contributed by atoms with E-state index in [0.717, 1.165) is 28.4 Å². The number of benzene rings is 2. The molecule has 0 unspecified atom stereocenters. The van der Waals surface area contributed by atoms with Gasteiger partial charge in [0.05, 0.1) is 12.8 Å². The topological polar surface area (TPSA) is 88.2 Å². The summed E-state index contributed by atoms with van der Waals surface area (Å²) in [6.07, 6.45) is 0. The quantitative estimate of drug-likeness (QED) is 0.622. The van der Waals surface area contributed by atoms with Crippen molar-refractivity contribution in [3.63, 3.8) is 0 Å². The van der Waals surface area contributed by atoms with E-state index in [0.29, 0.717) is 11.5 Å². The minimum atomic E-state index is -0.312. The lowest BCUT2D eigenvalue weighted by atomic mass is 10.2. The van der Waals surface area contributed by atoms with Gasteiger partial charge in [0.15, 0.2) is 5.82 Å². The Hall–Kier alpha value is -3.61. The van der Waals surface area contributed by atoms with Crippen molar-refractivity contribution in [2.45, 2.75) is 13.8 Å². The molecule has 1 aromatic heterocycles. The molecule has 1 heterocycles. The lowest BCUT2D eigenvalue weighted by Gasteiger charge is -2.11. The van der Waals surface area contributed by atoms with Crippen molar-refractivity contribution < 1.29 is 9.53 Å². The molecule has 0 spiro atoms. The number of hydrogen-bond donors (Lipinski definition) is 3. The summed E-state index contributed by atoms with van der Waals surface area (Å²) in [6, 6.07) is 16.2. The number of amides is 2. The summed E-state index contributed by atoms with van der Waals surface area (Å²) in [5.74, 6) is 1.41. The van der Waals surface area contributed by atoms with Gasteiger partial charge in [-0.3, -0.25) is 0 Å². The van der Waals surface area contributed by atoms with Gasteiger partial charge in [-0.05, 0) is 74.0 Å². The Labute approximate surface area is 157 Å². The van der Waals surface area contributed by atoms with E-state index in [4.69, 9.17) is 4.74 Å². The smallest absolute Gasteiger partial charge is 0.323 e. The van der Waals surface area contributed by atoms with Gasteiger partial charge in [0.2, 0.25) is 0 Å². The summed E-state index contributed by atoms with van der Waals surface area (Å²) in [4.78, 5) is 12.2. The molecule has 0 aliphatic heterocycles. The molecule has 27 heavy (non-hydrogen) atoms. The molecule has 7 nitrogen and oxygen atoms in total. The van der Waals surface area contributed by atoms with Crippen molar-refractivity contribution in [2.24, 2.45) is 0 Å². The van der Waals surface area contributed by atoms with Crippen molar-refractivity contribution in [3.8, 4) is 5.75 Å². The van der Waals surface area contributed by atoms with Crippen molar-refractivity contribution >= 4 is 28.9 Å². The highest BCUT2D eigenvalue weighted by Crippen LogP contribution is 2.22. The van der Waals surface area contributed by atoms with Crippen molar-refractivity contribution in [2.75, 3.05) is 23.1 Å². The minimum absolute atomic E-state index is 0.312. The molecule has 0 aliphatic carbocycles. The van der Waals surface area contributed by atoms with Crippen molar-refractivity contribution in [1.82, 2.24) is 10.2 Å². The third kappa shape index (κ3) is 4.94. The third-order valence-electron chi connectivity index (χ3n) is 3.89. The van der Waals surface area contributed by atoms with Crippen LogP contribution in [0.4, 0.5) is 27.7 Å². The standard InChI is InChI=1S/C20H21N5O2/c1-13-12-17(27-3)9-10-18(13)23-20(26)22-16-7-5-15(6-8-16)21-19-11-4-14(2)24-25-19/h4-12H,1-3H3,(H,21,25)(H2,22,23,26). The number of aromatic nitrogens is 2. The van der Waals surface area contributed by atoms with Crippen LogP contribution in [0.3, 0.4) is 0 Å². The normalized spacial score (nSPS) is 10.2. The lowest BCUT2D eigenvalue weighted by Crippen LogP contribution is -2.19. The highest BCUT2D eigenvalue weighted by atomic mass is 16.5. The van der Waals surface area contributed by atoms with Crippen LogP contribution >= 0.6 is 0 Å². The Morgan fingerprint density at radius 3 is 2.26 bits per heavy atom. The highest BCUT2D eigenvalue weighted by Gasteiger charge is 2.06. The van der Waals surface area contributed by atoms with E-state index in [1.54, 1.807) is 13.2 Å². The number of nitrogens with zero attached hydrogens (tertiary/aromatic N) is 2. The number of urea groups is 1. The molecule has 0 fully saturated rings. The molecule has 7 heteroatoms. The fourth-order valence-corrected chi connectivity index (χ4v) is 2.44. The average Bonchev–Trinajstić information content (AvgIpc) is 2.67. The second-order valence-corrected chi connectivity index (χ2v) is 6.02. The van der Waals surface area contributed by atoms with Crippen LogP contribution in [-0.4, -0.2) is 23.3 Å². The number of carbonyl (C=O) groups is 1. The predicted octanol–water partition coefficient (Wildman–Crippen LogP) is 4.49. The zero-order chi connectivity index (χ0) is 19.2.